The Bertz CT molecular complexity index is 6950. The Morgan fingerprint density at radius 2 is 0.685 bits per heavy atom. The Morgan fingerprint density at radius 3 is 1.02 bits per heavy atom. The molecule has 0 spiro atoms. The average Bonchev–Trinajstić information content (AvgIpc) is 1.62. The number of anilines is 2. The molecule has 776 valence electrons. The van der Waals surface area contributed by atoms with E-state index in [1.807, 2.05) is 122 Å². The summed E-state index contributed by atoms with van der Waals surface area (Å²) in [5.74, 6) is 1.51. The van der Waals surface area contributed by atoms with Crippen molar-refractivity contribution in [2.24, 2.45) is 57.1 Å². The topological polar surface area (TPSA) is 678 Å². The molecule has 3 fully saturated rings. The Balaban J connectivity index is 0.000000232. The second-order valence-electron chi connectivity index (χ2n) is 30.9. The van der Waals surface area contributed by atoms with Crippen molar-refractivity contribution in [2.45, 2.75) is 181 Å². The first-order valence-corrected chi connectivity index (χ1v) is 45.4. The van der Waals surface area contributed by atoms with E-state index in [0.29, 0.717) is 75.6 Å². The van der Waals surface area contributed by atoms with E-state index in [-0.39, 0.29) is 194 Å². The molecule has 52 heteroatoms. The zero-order valence-electron chi connectivity index (χ0n) is 80.1. The van der Waals surface area contributed by atoms with Gasteiger partial charge in [-0.05, 0) is 85.8 Å². The summed E-state index contributed by atoms with van der Waals surface area (Å²) in [6.07, 6.45) is 19.3. The number of nitrogens with one attached hydrogen (secondary N) is 9. The van der Waals surface area contributed by atoms with Crippen LogP contribution in [0, 0.1) is 58.9 Å². The number of benzene rings is 5. The molecule has 0 amide bonds. The molecule has 3 aliphatic heterocycles. The first kappa shape index (κ1) is 118. The number of fused-ring (bicyclic) bond motifs is 6. The number of azo groups is 5. The Kier molecular flexibility index (Phi) is 49.5. The van der Waals surface area contributed by atoms with Crippen LogP contribution in [0.5, 0.6) is 0 Å². The third kappa shape index (κ3) is 33.0. The number of nitrogens with two attached hydrogens (primary N) is 2. The van der Waals surface area contributed by atoms with Gasteiger partial charge in [0.2, 0.25) is 41.6 Å². The second-order valence-corrected chi connectivity index (χ2v) is 30.9. The van der Waals surface area contributed by atoms with Crippen molar-refractivity contribution in [1.82, 2.24) is 118 Å². The van der Waals surface area contributed by atoms with E-state index in [2.05, 4.69) is 250 Å². The summed E-state index contributed by atoms with van der Waals surface area (Å²) < 4.78 is 22.6. The number of hydrogen-bond donors (Lipinski definition) is 14. The predicted octanol–water partition coefficient (Wildman–Crippen LogP) is 16.2. The molecule has 3 saturated heterocycles. The molecule has 9 atom stereocenters. The van der Waals surface area contributed by atoms with Gasteiger partial charge in [0.1, 0.15) is 24.8 Å². The molecule has 48 nitrogen and oxygen atoms in total. The third-order valence-electron chi connectivity index (χ3n) is 20.4. The number of ether oxygens (including phenoxy) is 3. The van der Waals surface area contributed by atoms with Crippen LogP contribution in [0.1, 0.15) is 151 Å². The van der Waals surface area contributed by atoms with Gasteiger partial charge >= 0.3 is 66.0 Å². The number of H-pyrrole nitrogens is 9. The van der Waals surface area contributed by atoms with Gasteiger partial charge in [0.25, 0.3) is 11.1 Å². The van der Waals surface area contributed by atoms with Gasteiger partial charge in [0.05, 0.1) is 105 Å². The summed E-state index contributed by atoms with van der Waals surface area (Å²) >= 11 is 0. The molecule has 5 aromatic carbocycles. The maximum atomic E-state index is 12.1. The summed E-state index contributed by atoms with van der Waals surface area (Å²) in [7, 11) is 0. The molecule has 0 aliphatic carbocycles. The van der Waals surface area contributed by atoms with Gasteiger partial charge in [-0.3, -0.25) is 24.5 Å². The molecule has 146 heavy (non-hydrogen) atoms. The molecule has 0 saturated carbocycles. The van der Waals surface area contributed by atoms with Crippen LogP contribution in [0.15, 0.2) is 238 Å². The molecule has 20 rings (SSSR count). The predicted molar refractivity (Wildman–Crippen MR) is 531 cm³/mol. The van der Waals surface area contributed by atoms with E-state index in [0.717, 1.165) is 38.5 Å². The molecule has 3 aliphatic rings. The number of hydrogen-bond acceptors (Lipinski definition) is 36. The fourth-order valence-corrected chi connectivity index (χ4v) is 13.0. The number of nitrogen functional groups attached to an aromatic ring is 2. The molecule has 0 bridgehead atoms. The van der Waals surface area contributed by atoms with Crippen LogP contribution in [0.4, 0.5) is 70.1 Å². The number of aliphatic hydroxyl groups excluding tert-OH is 3. The standard InChI is InChI=1S/C18H19N6O2.C17H17N6O3.C16H15N6O4.C11H9N7O.C11H7N6O.C5H5N5O.4C4H9.4Ni/c1-3-13-11(2)9-14(26-13)24-16-15(17(25)20-10-19-16)21-18(24)23-22-12-7-5-4-6-8-12;1-2-12-11(24)8-13(26-12)23-15-14(16(25)19-9-18-15)20-17(23)22-21-10-6-4-3-5-7-10;23-7-11-10(24)6-12(26-11)22-14-13(15(25)18-8-17-14)19-16(22)21-20-9-4-2-1-3-5-9;12-10-14-8-7(9(19)16-10)13-11(15-8)18-17-6-4-2-1-3-5-6;18-10-8-9(12-6-13-10)15-11(14-8)17-16-7-4-2-1-3-5-7;6-5-9-3-2(4(11)10-5)7-1-8-3;4*1-3-4-2;;;;/h4-8,11,13-14H,3,9H2,1-2H3,(H,19,20,25);3-7,11-13,24H,2,8H2,1H3,(H,18,19,25);1-5,10-12,23-24H,6-7H2,(H,17,18,25);1-5H,(H4,12,13,14,15,16,19);1-5H,(H2,12,13,14,15,18);1H,(H4,6,7,8,9,10,11);4*1,3-4H2,2H3;;;;/q3*-1;;-1;;4*-1;4*+2/t11-,13-,14-;11-,12-,13-;10-,11-,12-;;;;;;;;;;;/m111.........../s1. The van der Waals surface area contributed by atoms with Crippen molar-refractivity contribution in [3.05, 3.63) is 273 Å². The Morgan fingerprint density at radius 1 is 0.377 bits per heavy atom. The molecule has 16 N–H and O–H groups in total. The average molecular weight is 2170 g/mol. The first-order valence-electron chi connectivity index (χ1n) is 45.4. The normalized spacial score (nSPS) is 16.9. The van der Waals surface area contributed by atoms with E-state index >= 15 is 0 Å². The van der Waals surface area contributed by atoms with Crippen LogP contribution in [-0.4, -0.2) is 171 Å². The van der Waals surface area contributed by atoms with E-state index in [1.165, 1.54) is 36.6 Å². The largest absolute Gasteiger partial charge is 2.00 e. The minimum Gasteiger partial charge on any atom is -0.419 e. The minimum atomic E-state index is -0.854. The molecule has 15 heterocycles. The number of aromatic amines is 9. The van der Waals surface area contributed by atoms with Gasteiger partial charge in [0, 0.05) is 43.7 Å². The van der Waals surface area contributed by atoms with Crippen molar-refractivity contribution < 1.29 is 95.5 Å². The van der Waals surface area contributed by atoms with Crippen LogP contribution >= 0.6 is 0 Å². The van der Waals surface area contributed by atoms with Crippen LogP contribution in [0.2, 0.25) is 0 Å². The second kappa shape index (κ2) is 61.0. The fourth-order valence-electron chi connectivity index (χ4n) is 13.0. The van der Waals surface area contributed by atoms with Gasteiger partial charge in [-0.15, -0.1) is 51.1 Å². The minimum absolute atomic E-state index is 0. The summed E-state index contributed by atoms with van der Waals surface area (Å²) in [6, 6.07) is 46.0. The van der Waals surface area contributed by atoms with Gasteiger partial charge in [-0.1, -0.05) is 165 Å². The van der Waals surface area contributed by atoms with Crippen molar-refractivity contribution >= 4 is 137 Å². The third-order valence-corrected chi connectivity index (χ3v) is 20.4. The SMILES string of the molecule is CC[C@H]1O[C@@H](n2c(N=Nc3ccccc3)nc3c(=O)[nH][c-]nc32)C[C@H]1C.CC[C@H]1O[C@@H](n2c(N=Nc3ccccc3)nc3c(=O)[nH][c-]nc32)C[C@H]1O.Nc1nc2nc(N=Nc3ccccc3)[nH]c2c(=O)[nH]1.Nc1nc2nc[nH]c2c(=O)[nH]1.O=c1[nH][c-]nc2c1nc(N=Nc1ccccc1)n2[C@H]1C[C@@H](O)[C@@H](CO)O1.O=c1[nH][c-]nc2nc(N=Nc3ccccc3)[nH]c12.[CH2-]CCC.[CH2-]CCC.[CH2-]CCC.[CH2-]CCC.[Ni+2].[Ni+2].[Ni+2].[Ni+2]. The van der Waals surface area contributed by atoms with E-state index in [9.17, 15) is 44.1 Å². The Hall–Kier alpha value is -14.5. The van der Waals surface area contributed by atoms with Crippen molar-refractivity contribution in [1.29, 1.82) is 0 Å². The van der Waals surface area contributed by atoms with Crippen molar-refractivity contribution in [3.63, 3.8) is 0 Å². The van der Waals surface area contributed by atoms with Gasteiger partial charge in [-0.2, -0.15) is 40.6 Å². The van der Waals surface area contributed by atoms with Gasteiger partial charge in [-0.25, -0.2) is 19.9 Å². The summed E-state index contributed by atoms with van der Waals surface area (Å²) in [5.41, 5.74) is 14.7. The fraction of sp³-hybridized carbons (Fsp3) is 0.319. The number of aromatic nitrogens is 24. The number of rotatable bonds is 20. The zero-order valence-corrected chi connectivity index (χ0v) is 84.0. The molecule has 12 aromatic heterocycles. The number of imidazole rings is 6. The summed E-state index contributed by atoms with van der Waals surface area (Å²) in [4.78, 5) is 141. The van der Waals surface area contributed by atoms with Crippen LogP contribution in [-0.2, 0) is 80.2 Å². The number of unbranched alkanes of at least 4 members (excludes halogenated alkanes) is 4. The molecule has 0 radical (unpaired) electrons. The molecular formula is C94H108N36Ni4O12. The summed E-state index contributed by atoms with van der Waals surface area (Å²) in [5, 5.41) is 70.4. The van der Waals surface area contributed by atoms with E-state index in [1.54, 1.807) is 45.5 Å². The molecule has 0 unspecified atom stereocenters. The quantitative estimate of drug-likeness (QED) is 0.0191. The van der Waals surface area contributed by atoms with E-state index < -0.39 is 47.4 Å². The van der Waals surface area contributed by atoms with Crippen LogP contribution in [0.3, 0.4) is 0 Å². The number of nitrogens with zero attached hydrogens (tertiary/aromatic N) is 25. The maximum Gasteiger partial charge on any atom is 2.00 e. The maximum absolute atomic E-state index is 12.1. The van der Waals surface area contributed by atoms with Crippen LogP contribution in [0.25, 0.3) is 67.0 Å². The molecular weight excluding hydrogens is 2060 g/mol. The first-order chi connectivity index (χ1) is 69.0. The molecule has 17 aromatic rings. The number of aliphatic hydroxyl groups is 3. The van der Waals surface area contributed by atoms with Gasteiger partial charge in [0.15, 0.2) is 44.6 Å². The van der Waals surface area contributed by atoms with Crippen molar-refractivity contribution in [3.8, 4) is 0 Å². The van der Waals surface area contributed by atoms with Gasteiger partial charge < -0.3 is 156 Å². The van der Waals surface area contributed by atoms with Crippen molar-refractivity contribution in [2.75, 3.05) is 18.1 Å². The Labute approximate surface area is 874 Å². The van der Waals surface area contributed by atoms with Crippen LogP contribution < -0.4 is 44.8 Å². The van der Waals surface area contributed by atoms with E-state index in [4.69, 9.17) is 25.7 Å². The summed E-state index contributed by atoms with van der Waals surface area (Å²) in [6.45, 7) is 28.8. The smallest absolute Gasteiger partial charge is 0.419 e. The zero-order chi connectivity index (χ0) is 101. The monoisotopic (exact) mass is 2160 g/mol.